The largest absolute Gasteiger partial charge is 0.416 e. The third kappa shape index (κ3) is 3.61. The highest BCUT2D eigenvalue weighted by Crippen LogP contribution is 2.36. The van der Waals surface area contributed by atoms with E-state index in [1.807, 2.05) is 18.2 Å². The minimum Gasteiger partial charge on any atom is -0.399 e. The molecule has 0 saturated heterocycles. The third-order valence-corrected chi connectivity index (χ3v) is 4.99. The van der Waals surface area contributed by atoms with Crippen molar-refractivity contribution < 1.29 is 13.2 Å². The lowest BCUT2D eigenvalue weighted by Gasteiger charge is -2.08. The Morgan fingerprint density at radius 3 is 2.48 bits per heavy atom. The molecule has 2 aromatic heterocycles. The molecule has 0 saturated carbocycles. The maximum atomic E-state index is 12.9. The monoisotopic (exact) mass is 386 g/mol. The van der Waals surface area contributed by atoms with Gasteiger partial charge in [0, 0.05) is 16.3 Å². The highest BCUT2D eigenvalue weighted by Gasteiger charge is 2.30. The van der Waals surface area contributed by atoms with Crippen molar-refractivity contribution in [3.8, 4) is 11.3 Å². The Hall–Kier alpha value is -3.00. The van der Waals surface area contributed by atoms with Gasteiger partial charge in [-0.2, -0.15) is 13.2 Å². The lowest BCUT2D eigenvalue weighted by Crippen LogP contribution is -2.04. The average molecular weight is 386 g/mol. The van der Waals surface area contributed by atoms with Crippen LogP contribution >= 0.6 is 11.8 Å². The normalized spacial score (nSPS) is 11.8. The molecule has 0 amide bonds. The summed E-state index contributed by atoms with van der Waals surface area (Å²) < 4.78 is 38.8. The Labute approximate surface area is 156 Å². The van der Waals surface area contributed by atoms with E-state index in [9.17, 15) is 13.2 Å². The molecule has 2 heterocycles. The van der Waals surface area contributed by atoms with Gasteiger partial charge >= 0.3 is 6.18 Å². The van der Waals surface area contributed by atoms with E-state index in [1.54, 1.807) is 18.2 Å². The van der Waals surface area contributed by atoms with E-state index in [0.717, 1.165) is 28.8 Å². The number of halogens is 3. The van der Waals surface area contributed by atoms with Crippen molar-refractivity contribution in [2.24, 2.45) is 0 Å². The van der Waals surface area contributed by atoms with Gasteiger partial charge in [0.15, 0.2) is 0 Å². The van der Waals surface area contributed by atoms with E-state index in [2.05, 4.69) is 15.0 Å². The number of hydrogen-bond acceptors (Lipinski definition) is 4. The Morgan fingerprint density at radius 2 is 1.74 bits per heavy atom. The number of nitrogens with two attached hydrogens (primary N) is 1. The number of rotatable bonds is 3. The molecule has 8 heteroatoms. The maximum Gasteiger partial charge on any atom is 0.416 e. The van der Waals surface area contributed by atoms with Crippen LogP contribution in [0.3, 0.4) is 0 Å². The Morgan fingerprint density at radius 1 is 0.963 bits per heavy atom. The number of aromatic nitrogens is 3. The molecule has 4 aromatic rings. The van der Waals surface area contributed by atoms with Crippen LogP contribution in [0.5, 0.6) is 0 Å². The fraction of sp³-hybridized carbons (Fsp3) is 0.0526. The highest BCUT2D eigenvalue weighted by atomic mass is 32.2. The van der Waals surface area contributed by atoms with E-state index in [0.29, 0.717) is 21.3 Å². The number of nitrogens with zero attached hydrogens (tertiary/aromatic N) is 2. The van der Waals surface area contributed by atoms with Crippen LogP contribution in [-0.4, -0.2) is 15.0 Å². The van der Waals surface area contributed by atoms with Gasteiger partial charge < -0.3 is 10.7 Å². The minimum atomic E-state index is -4.38. The van der Waals surface area contributed by atoms with Crippen molar-refractivity contribution in [3.05, 3.63) is 66.5 Å². The van der Waals surface area contributed by atoms with Crippen molar-refractivity contribution in [1.29, 1.82) is 0 Å². The number of nitrogens with one attached hydrogen (secondary N) is 1. The molecule has 2 aromatic carbocycles. The maximum absolute atomic E-state index is 12.9. The highest BCUT2D eigenvalue weighted by molar-refractivity contribution is 7.99. The molecule has 136 valence electrons. The molecule has 0 spiro atoms. The van der Waals surface area contributed by atoms with E-state index in [-0.39, 0.29) is 0 Å². The molecule has 4 rings (SSSR count). The first-order valence-corrected chi connectivity index (χ1v) is 8.76. The number of benzene rings is 2. The topological polar surface area (TPSA) is 67.6 Å². The standard InChI is InChI=1S/C19H13F3N4S/c20-19(21,22)12-2-1-3-14(8-12)27-18-15-9-16(26-17(15)24-10-25-18)11-4-6-13(23)7-5-11/h1-10H,23H2,(H,24,25,26). The van der Waals surface area contributed by atoms with Gasteiger partial charge in [-0.05, 0) is 42.0 Å². The first-order chi connectivity index (χ1) is 12.9. The molecule has 0 aliphatic rings. The summed E-state index contributed by atoms with van der Waals surface area (Å²) >= 11 is 1.17. The number of fused-ring (bicyclic) bond motifs is 1. The van der Waals surface area contributed by atoms with Crippen LogP contribution in [0.15, 0.2) is 70.8 Å². The molecule has 0 radical (unpaired) electrons. The summed E-state index contributed by atoms with van der Waals surface area (Å²) in [5.74, 6) is 0. The van der Waals surface area contributed by atoms with Gasteiger partial charge in [0.25, 0.3) is 0 Å². The van der Waals surface area contributed by atoms with E-state index in [1.165, 1.54) is 24.2 Å². The first kappa shape index (κ1) is 17.4. The van der Waals surface area contributed by atoms with Crippen LogP contribution in [0.2, 0.25) is 0 Å². The molecule has 27 heavy (non-hydrogen) atoms. The smallest absolute Gasteiger partial charge is 0.399 e. The second kappa shape index (κ2) is 6.62. The van der Waals surface area contributed by atoms with Crippen molar-refractivity contribution >= 4 is 28.5 Å². The summed E-state index contributed by atoms with van der Waals surface area (Å²) in [7, 11) is 0. The van der Waals surface area contributed by atoms with E-state index in [4.69, 9.17) is 5.73 Å². The van der Waals surface area contributed by atoms with Crippen molar-refractivity contribution in [1.82, 2.24) is 15.0 Å². The van der Waals surface area contributed by atoms with Gasteiger partial charge in [0.05, 0.1) is 10.9 Å². The number of H-pyrrole nitrogens is 1. The van der Waals surface area contributed by atoms with Crippen LogP contribution in [0.4, 0.5) is 18.9 Å². The molecule has 0 unspecified atom stereocenters. The third-order valence-electron chi connectivity index (χ3n) is 3.99. The van der Waals surface area contributed by atoms with Crippen molar-refractivity contribution in [3.63, 3.8) is 0 Å². The molecule has 0 aliphatic carbocycles. The van der Waals surface area contributed by atoms with Crippen LogP contribution in [0.1, 0.15) is 5.56 Å². The summed E-state index contributed by atoms with van der Waals surface area (Å²) in [5.41, 5.74) is 8.07. The van der Waals surface area contributed by atoms with Crippen molar-refractivity contribution in [2.45, 2.75) is 16.1 Å². The summed E-state index contributed by atoms with van der Waals surface area (Å²) in [6.45, 7) is 0. The molecular formula is C19H13F3N4S. The van der Waals surface area contributed by atoms with Gasteiger partial charge in [0.2, 0.25) is 0 Å². The average Bonchev–Trinajstić information content (AvgIpc) is 3.07. The Balaban J connectivity index is 1.72. The predicted octanol–water partition coefficient (Wildman–Crippen LogP) is 5.38. The molecule has 4 nitrogen and oxygen atoms in total. The minimum absolute atomic E-state index is 0.458. The van der Waals surface area contributed by atoms with Gasteiger partial charge in [0.1, 0.15) is 17.0 Å². The number of aromatic amines is 1. The van der Waals surface area contributed by atoms with Crippen LogP contribution < -0.4 is 5.73 Å². The summed E-state index contributed by atoms with van der Waals surface area (Å²) in [6, 6.07) is 14.4. The molecule has 0 fully saturated rings. The number of anilines is 1. The lowest BCUT2D eigenvalue weighted by molar-refractivity contribution is -0.137. The predicted molar refractivity (Wildman–Crippen MR) is 99.3 cm³/mol. The van der Waals surface area contributed by atoms with Crippen LogP contribution in [-0.2, 0) is 6.18 Å². The number of hydrogen-bond donors (Lipinski definition) is 2. The molecule has 0 atom stereocenters. The Bertz CT molecular complexity index is 1100. The number of nitrogen functional groups attached to an aromatic ring is 1. The van der Waals surface area contributed by atoms with Crippen LogP contribution in [0, 0.1) is 0 Å². The summed E-state index contributed by atoms with van der Waals surface area (Å²) in [6.07, 6.45) is -2.99. The zero-order valence-corrected chi connectivity index (χ0v) is 14.6. The quantitative estimate of drug-likeness (QED) is 0.367. The molecule has 0 bridgehead atoms. The molecule has 3 N–H and O–H groups in total. The molecule has 0 aliphatic heterocycles. The van der Waals surface area contributed by atoms with Crippen molar-refractivity contribution in [2.75, 3.05) is 5.73 Å². The first-order valence-electron chi connectivity index (χ1n) is 7.95. The van der Waals surface area contributed by atoms with E-state index < -0.39 is 11.7 Å². The number of alkyl halides is 3. The van der Waals surface area contributed by atoms with Gasteiger partial charge in [-0.15, -0.1) is 0 Å². The lowest BCUT2D eigenvalue weighted by atomic mass is 10.1. The fourth-order valence-corrected chi connectivity index (χ4v) is 3.59. The van der Waals surface area contributed by atoms with Gasteiger partial charge in [-0.1, -0.05) is 30.0 Å². The van der Waals surface area contributed by atoms with Crippen LogP contribution in [0.25, 0.3) is 22.3 Å². The fourth-order valence-electron chi connectivity index (χ4n) is 2.66. The second-order valence-electron chi connectivity index (χ2n) is 5.87. The summed E-state index contributed by atoms with van der Waals surface area (Å²) in [4.78, 5) is 12.1. The van der Waals surface area contributed by atoms with Gasteiger partial charge in [-0.3, -0.25) is 0 Å². The van der Waals surface area contributed by atoms with Gasteiger partial charge in [-0.25, -0.2) is 9.97 Å². The molecular weight excluding hydrogens is 373 g/mol. The van der Waals surface area contributed by atoms with E-state index >= 15 is 0 Å². The Kier molecular flexibility index (Phi) is 4.27. The zero-order valence-electron chi connectivity index (χ0n) is 13.8. The summed E-state index contributed by atoms with van der Waals surface area (Å²) in [5, 5.41) is 1.32. The zero-order chi connectivity index (χ0) is 19.0. The second-order valence-corrected chi connectivity index (χ2v) is 6.94. The SMILES string of the molecule is Nc1ccc(-c2cc3c(Sc4cccc(C(F)(F)F)c4)ncnc3[nH]2)cc1.